The Morgan fingerprint density at radius 2 is 1.93 bits per heavy atom. The third-order valence-electron chi connectivity index (χ3n) is 5.04. The molecule has 1 unspecified atom stereocenters. The van der Waals surface area contributed by atoms with Crippen LogP contribution < -0.4 is 5.73 Å². The quantitative estimate of drug-likeness (QED) is 0.725. The van der Waals surface area contributed by atoms with E-state index in [1.54, 1.807) is 22.9 Å². The molecule has 8 heteroatoms. The number of hydrogen-bond donors (Lipinski definition) is 1. The van der Waals surface area contributed by atoms with Gasteiger partial charge < -0.3 is 10.6 Å². The van der Waals surface area contributed by atoms with Crippen LogP contribution in [0.4, 0.5) is 0 Å². The average molecular weight is 376 g/mol. The van der Waals surface area contributed by atoms with E-state index >= 15 is 0 Å². The fraction of sp³-hybridized carbons (Fsp3) is 0.250. The summed E-state index contributed by atoms with van der Waals surface area (Å²) in [5.41, 5.74) is 8.39. The van der Waals surface area contributed by atoms with Gasteiger partial charge in [0, 0.05) is 24.2 Å². The highest BCUT2D eigenvalue weighted by molar-refractivity contribution is 5.94. The van der Waals surface area contributed by atoms with Crippen LogP contribution in [0, 0.1) is 5.92 Å². The van der Waals surface area contributed by atoms with Gasteiger partial charge in [-0.1, -0.05) is 12.1 Å². The highest BCUT2D eigenvalue weighted by Gasteiger charge is 2.27. The Morgan fingerprint density at radius 3 is 2.64 bits per heavy atom. The van der Waals surface area contributed by atoms with Gasteiger partial charge in [0.25, 0.3) is 5.91 Å². The molecule has 1 aliphatic heterocycles. The SMILES string of the molecule is NC(=O)c1cccc(CC2CCN(C(=O)c3ccc(-n4cnnn4)cc3)C2)c1. The van der Waals surface area contributed by atoms with Crippen molar-refractivity contribution in [2.75, 3.05) is 13.1 Å². The third kappa shape index (κ3) is 3.75. The molecule has 28 heavy (non-hydrogen) atoms. The van der Waals surface area contributed by atoms with Gasteiger partial charge in [0.05, 0.1) is 5.69 Å². The van der Waals surface area contributed by atoms with Crippen LogP contribution in [0.3, 0.4) is 0 Å². The Labute approximate surface area is 162 Å². The van der Waals surface area contributed by atoms with E-state index in [1.807, 2.05) is 35.2 Å². The summed E-state index contributed by atoms with van der Waals surface area (Å²) < 4.78 is 1.54. The van der Waals surface area contributed by atoms with E-state index in [-0.39, 0.29) is 5.91 Å². The number of carbonyl (C=O) groups is 2. The van der Waals surface area contributed by atoms with Crippen LogP contribution >= 0.6 is 0 Å². The van der Waals surface area contributed by atoms with Crippen LogP contribution in [-0.2, 0) is 6.42 Å². The Hall–Kier alpha value is -3.55. The molecule has 0 radical (unpaired) electrons. The second kappa shape index (κ2) is 7.59. The van der Waals surface area contributed by atoms with Gasteiger partial charge in [0.15, 0.2) is 0 Å². The average Bonchev–Trinajstić information content (AvgIpc) is 3.40. The zero-order chi connectivity index (χ0) is 19.5. The normalized spacial score (nSPS) is 16.3. The number of likely N-dealkylation sites (tertiary alicyclic amines) is 1. The molecule has 2 amide bonds. The lowest BCUT2D eigenvalue weighted by Gasteiger charge is -2.17. The fourth-order valence-electron chi connectivity index (χ4n) is 3.59. The number of carbonyl (C=O) groups excluding carboxylic acids is 2. The lowest BCUT2D eigenvalue weighted by molar-refractivity contribution is 0.0787. The number of tetrazole rings is 1. The van der Waals surface area contributed by atoms with Crippen molar-refractivity contribution in [3.8, 4) is 5.69 Å². The van der Waals surface area contributed by atoms with Crippen LogP contribution in [0.2, 0.25) is 0 Å². The zero-order valence-electron chi connectivity index (χ0n) is 15.2. The number of aromatic nitrogens is 4. The molecule has 0 bridgehead atoms. The predicted octanol–water partition coefficient (Wildman–Crippen LogP) is 1.47. The number of benzene rings is 2. The van der Waals surface area contributed by atoms with Gasteiger partial charge in [0.2, 0.25) is 5.91 Å². The van der Waals surface area contributed by atoms with Crippen molar-refractivity contribution in [3.63, 3.8) is 0 Å². The minimum atomic E-state index is -0.421. The van der Waals surface area contributed by atoms with Crippen molar-refractivity contribution in [1.29, 1.82) is 0 Å². The third-order valence-corrected chi connectivity index (χ3v) is 5.04. The first kappa shape index (κ1) is 17.8. The molecule has 2 aromatic carbocycles. The maximum atomic E-state index is 12.8. The van der Waals surface area contributed by atoms with Crippen molar-refractivity contribution < 1.29 is 9.59 Å². The first-order valence-electron chi connectivity index (χ1n) is 9.11. The minimum absolute atomic E-state index is 0.0247. The Kier molecular flexibility index (Phi) is 4.84. The summed E-state index contributed by atoms with van der Waals surface area (Å²) in [5, 5.41) is 11.1. The fourth-order valence-corrected chi connectivity index (χ4v) is 3.59. The van der Waals surface area contributed by atoms with Gasteiger partial charge in [-0.15, -0.1) is 5.10 Å². The van der Waals surface area contributed by atoms with Gasteiger partial charge in [-0.25, -0.2) is 4.68 Å². The summed E-state index contributed by atoms with van der Waals surface area (Å²) in [7, 11) is 0. The van der Waals surface area contributed by atoms with E-state index in [9.17, 15) is 9.59 Å². The topological polar surface area (TPSA) is 107 Å². The molecular formula is C20H20N6O2. The molecular weight excluding hydrogens is 356 g/mol. The van der Waals surface area contributed by atoms with Gasteiger partial charge in [-0.2, -0.15) is 0 Å². The Balaban J connectivity index is 1.39. The number of rotatable bonds is 5. The van der Waals surface area contributed by atoms with Crippen molar-refractivity contribution in [3.05, 3.63) is 71.5 Å². The molecule has 1 saturated heterocycles. The smallest absolute Gasteiger partial charge is 0.253 e. The molecule has 1 atom stereocenters. The minimum Gasteiger partial charge on any atom is -0.366 e. The van der Waals surface area contributed by atoms with Gasteiger partial charge in [0.1, 0.15) is 6.33 Å². The van der Waals surface area contributed by atoms with E-state index in [0.717, 1.165) is 30.6 Å². The van der Waals surface area contributed by atoms with Crippen molar-refractivity contribution in [2.45, 2.75) is 12.8 Å². The highest BCUT2D eigenvalue weighted by Crippen LogP contribution is 2.23. The second-order valence-corrected chi connectivity index (χ2v) is 6.98. The van der Waals surface area contributed by atoms with Crippen molar-refractivity contribution >= 4 is 11.8 Å². The number of nitrogens with zero attached hydrogens (tertiary/aromatic N) is 5. The molecule has 2 heterocycles. The number of nitrogens with two attached hydrogens (primary N) is 1. The van der Waals surface area contributed by atoms with Crippen LogP contribution in [-0.4, -0.2) is 50.0 Å². The molecule has 0 spiro atoms. The lowest BCUT2D eigenvalue weighted by Crippen LogP contribution is -2.29. The largest absolute Gasteiger partial charge is 0.366 e. The molecule has 8 nitrogen and oxygen atoms in total. The first-order valence-corrected chi connectivity index (χ1v) is 9.11. The number of amides is 2. The van der Waals surface area contributed by atoms with E-state index in [4.69, 9.17) is 5.73 Å². The van der Waals surface area contributed by atoms with E-state index in [0.29, 0.717) is 23.6 Å². The van der Waals surface area contributed by atoms with Gasteiger partial charge >= 0.3 is 0 Å². The zero-order valence-corrected chi connectivity index (χ0v) is 15.2. The summed E-state index contributed by atoms with van der Waals surface area (Å²) in [6.45, 7) is 1.43. The summed E-state index contributed by atoms with van der Waals surface area (Å²) in [4.78, 5) is 26.0. The lowest BCUT2D eigenvalue weighted by atomic mass is 9.97. The molecule has 0 saturated carbocycles. The maximum Gasteiger partial charge on any atom is 0.253 e. The Morgan fingerprint density at radius 1 is 1.11 bits per heavy atom. The van der Waals surface area contributed by atoms with Crippen molar-refractivity contribution in [1.82, 2.24) is 25.1 Å². The molecule has 2 N–H and O–H groups in total. The van der Waals surface area contributed by atoms with Crippen LogP contribution in [0.25, 0.3) is 5.69 Å². The molecule has 1 fully saturated rings. The monoisotopic (exact) mass is 376 g/mol. The number of hydrogen-bond acceptors (Lipinski definition) is 5. The van der Waals surface area contributed by atoms with E-state index in [1.165, 1.54) is 6.33 Å². The molecule has 142 valence electrons. The number of primary amides is 1. The maximum absolute atomic E-state index is 12.8. The van der Waals surface area contributed by atoms with Crippen LogP contribution in [0.1, 0.15) is 32.7 Å². The first-order chi connectivity index (χ1) is 13.6. The molecule has 1 aliphatic rings. The molecule has 3 aromatic rings. The molecule has 1 aromatic heterocycles. The predicted molar refractivity (Wildman–Crippen MR) is 102 cm³/mol. The summed E-state index contributed by atoms with van der Waals surface area (Å²) in [6, 6.07) is 14.6. The summed E-state index contributed by atoms with van der Waals surface area (Å²) >= 11 is 0. The summed E-state index contributed by atoms with van der Waals surface area (Å²) in [6.07, 6.45) is 3.27. The van der Waals surface area contributed by atoms with Gasteiger partial charge in [-0.3, -0.25) is 9.59 Å². The van der Waals surface area contributed by atoms with Gasteiger partial charge in [-0.05, 0) is 71.1 Å². The second-order valence-electron chi connectivity index (χ2n) is 6.98. The Bertz CT molecular complexity index is 984. The van der Waals surface area contributed by atoms with E-state index < -0.39 is 5.91 Å². The summed E-state index contributed by atoms with van der Waals surface area (Å²) in [5.74, 6) is -0.0283. The molecule has 4 rings (SSSR count). The standard InChI is InChI=1S/C20H20N6O2/c21-19(27)17-3-1-2-14(11-17)10-15-8-9-25(12-15)20(28)16-4-6-18(7-5-16)26-13-22-23-24-26/h1-7,11,13,15H,8-10,12H2,(H2,21,27). The van der Waals surface area contributed by atoms with Crippen LogP contribution in [0.5, 0.6) is 0 Å². The van der Waals surface area contributed by atoms with E-state index in [2.05, 4.69) is 15.5 Å². The van der Waals surface area contributed by atoms with Crippen LogP contribution in [0.15, 0.2) is 54.9 Å². The van der Waals surface area contributed by atoms with Crippen molar-refractivity contribution in [2.24, 2.45) is 11.7 Å². The highest BCUT2D eigenvalue weighted by atomic mass is 16.2. The molecule has 0 aliphatic carbocycles.